The van der Waals surface area contributed by atoms with Crippen LogP contribution in [0, 0.1) is 0 Å². The average Bonchev–Trinajstić information content (AvgIpc) is 2.79. The number of rotatable bonds is 10. The van der Waals surface area contributed by atoms with Crippen molar-refractivity contribution in [3.8, 4) is 11.5 Å². The van der Waals surface area contributed by atoms with Crippen LogP contribution >= 0.6 is 0 Å². The summed E-state index contributed by atoms with van der Waals surface area (Å²) in [6.45, 7) is 2.76. The first-order valence-electron chi connectivity index (χ1n) is 9.79. The molecule has 154 valence electrons. The first-order valence-corrected chi connectivity index (χ1v) is 9.79. The molecule has 0 aromatic heterocycles. The SMILES string of the molecule is CCOc1cc(C=NNc2ccccc2)ccc1OCC(=O)NCc1ccccc1. The molecule has 0 aliphatic rings. The molecule has 30 heavy (non-hydrogen) atoms. The van der Waals surface area contributed by atoms with Crippen LogP contribution in [0.15, 0.2) is 84.0 Å². The van der Waals surface area contributed by atoms with Crippen molar-refractivity contribution in [2.45, 2.75) is 13.5 Å². The van der Waals surface area contributed by atoms with Gasteiger partial charge in [-0.3, -0.25) is 10.2 Å². The van der Waals surface area contributed by atoms with E-state index in [4.69, 9.17) is 9.47 Å². The van der Waals surface area contributed by atoms with Gasteiger partial charge in [0, 0.05) is 6.54 Å². The van der Waals surface area contributed by atoms with E-state index in [0.29, 0.717) is 24.7 Å². The number of hydrazone groups is 1. The van der Waals surface area contributed by atoms with Crippen LogP contribution in [0.25, 0.3) is 0 Å². The minimum atomic E-state index is -0.195. The molecule has 3 rings (SSSR count). The molecule has 6 nitrogen and oxygen atoms in total. The first-order chi connectivity index (χ1) is 14.7. The van der Waals surface area contributed by atoms with Gasteiger partial charge < -0.3 is 14.8 Å². The Morgan fingerprint density at radius 1 is 0.933 bits per heavy atom. The summed E-state index contributed by atoms with van der Waals surface area (Å²) >= 11 is 0. The number of carbonyl (C=O) groups is 1. The monoisotopic (exact) mass is 403 g/mol. The highest BCUT2D eigenvalue weighted by molar-refractivity contribution is 5.82. The van der Waals surface area contributed by atoms with Crippen molar-refractivity contribution >= 4 is 17.8 Å². The number of hydrogen-bond acceptors (Lipinski definition) is 5. The van der Waals surface area contributed by atoms with Crippen LogP contribution in [0.2, 0.25) is 0 Å². The number of ether oxygens (including phenoxy) is 2. The molecule has 2 N–H and O–H groups in total. The summed E-state index contributed by atoms with van der Waals surface area (Å²) in [5.41, 5.74) is 5.76. The van der Waals surface area contributed by atoms with Crippen molar-refractivity contribution in [3.05, 3.63) is 90.0 Å². The third-order valence-corrected chi connectivity index (χ3v) is 4.14. The van der Waals surface area contributed by atoms with Crippen molar-refractivity contribution in [2.75, 3.05) is 18.6 Å². The fraction of sp³-hybridized carbons (Fsp3) is 0.167. The van der Waals surface area contributed by atoms with E-state index in [0.717, 1.165) is 16.8 Å². The Kier molecular flexibility index (Phi) is 7.85. The van der Waals surface area contributed by atoms with Crippen LogP contribution in [-0.2, 0) is 11.3 Å². The van der Waals surface area contributed by atoms with E-state index in [1.165, 1.54) is 0 Å². The molecule has 6 heteroatoms. The number of amides is 1. The maximum atomic E-state index is 12.1. The molecular formula is C24H25N3O3. The Labute approximate surface area is 176 Å². The summed E-state index contributed by atoms with van der Waals surface area (Å²) in [5.74, 6) is 0.885. The topological polar surface area (TPSA) is 71.9 Å². The highest BCUT2D eigenvalue weighted by Crippen LogP contribution is 2.28. The molecule has 0 atom stereocenters. The zero-order valence-corrected chi connectivity index (χ0v) is 16.9. The Bertz CT molecular complexity index is 960. The van der Waals surface area contributed by atoms with E-state index >= 15 is 0 Å². The summed E-state index contributed by atoms with van der Waals surface area (Å²) in [6.07, 6.45) is 1.70. The highest BCUT2D eigenvalue weighted by Gasteiger charge is 2.09. The van der Waals surface area contributed by atoms with E-state index in [1.54, 1.807) is 12.3 Å². The van der Waals surface area contributed by atoms with Crippen LogP contribution in [0.4, 0.5) is 5.69 Å². The van der Waals surface area contributed by atoms with E-state index in [9.17, 15) is 4.79 Å². The molecule has 0 bridgehead atoms. The van der Waals surface area contributed by atoms with Gasteiger partial charge in [0.05, 0.1) is 18.5 Å². The normalized spacial score (nSPS) is 10.6. The molecule has 0 radical (unpaired) electrons. The van der Waals surface area contributed by atoms with Crippen LogP contribution in [-0.4, -0.2) is 25.3 Å². The number of carbonyl (C=O) groups excluding carboxylic acids is 1. The zero-order valence-electron chi connectivity index (χ0n) is 16.9. The Morgan fingerprint density at radius 3 is 2.40 bits per heavy atom. The van der Waals surface area contributed by atoms with Gasteiger partial charge in [0.25, 0.3) is 5.91 Å². The second-order valence-electron chi connectivity index (χ2n) is 6.43. The lowest BCUT2D eigenvalue weighted by molar-refractivity contribution is -0.123. The van der Waals surface area contributed by atoms with Crippen molar-refractivity contribution in [3.63, 3.8) is 0 Å². The molecule has 0 heterocycles. The van der Waals surface area contributed by atoms with Crippen molar-refractivity contribution < 1.29 is 14.3 Å². The van der Waals surface area contributed by atoms with E-state index in [-0.39, 0.29) is 12.5 Å². The van der Waals surface area contributed by atoms with Gasteiger partial charge in [-0.15, -0.1) is 0 Å². The van der Waals surface area contributed by atoms with Gasteiger partial charge in [-0.2, -0.15) is 5.10 Å². The fourth-order valence-corrected chi connectivity index (χ4v) is 2.68. The predicted octanol–water partition coefficient (Wildman–Crippen LogP) is 4.23. The smallest absolute Gasteiger partial charge is 0.258 e. The molecule has 0 aliphatic heterocycles. The third kappa shape index (κ3) is 6.67. The van der Waals surface area contributed by atoms with Crippen molar-refractivity contribution in [1.82, 2.24) is 5.32 Å². The van der Waals surface area contributed by atoms with Gasteiger partial charge in [0.15, 0.2) is 18.1 Å². The Hall–Kier alpha value is -3.80. The number of nitrogens with one attached hydrogen (secondary N) is 2. The lowest BCUT2D eigenvalue weighted by Crippen LogP contribution is -2.28. The number of benzene rings is 3. The van der Waals surface area contributed by atoms with Crippen LogP contribution in [0.3, 0.4) is 0 Å². The Morgan fingerprint density at radius 2 is 1.67 bits per heavy atom. The first kappa shape index (κ1) is 20.9. The number of nitrogens with zero attached hydrogens (tertiary/aromatic N) is 1. The summed E-state index contributed by atoms with van der Waals surface area (Å²) in [7, 11) is 0. The predicted molar refractivity (Wildman–Crippen MR) is 119 cm³/mol. The number of para-hydroxylation sites is 1. The number of hydrogen-bond donors (Lipinski definition) is 2. The Balaban J connectivity index is 1.55. The van der Waals surface area contributed by atoms with Crippen LogP contribution < -0.4 is 20.2 Å². The zero-order chi connectivity index (χ0) is 21.0. The average molecular weight is 403 g/mol. The molecule has 0 saturated carbocycles. The molecule has 0 aliphatic carbocycles. The molecule has 1 amide bonds. The summed E-state index contributed by atoms with van der Waals surface area (Å²) in [5, 5.41) is 7.08. The molecular weight excluding hydrogens is 378 g/mol. The molecule has 0 spiro atoms. The van der Waals surface area contributed by atoms with E-state index in [1.807, 2.05) is 79.7 Å². The molecule has 0 fully saturated rings. The minimum absolute atomic E-state index is 0.0874. The maximum Gasteiger partial charge on any atom is 0.258 e. The second kappa shape index (κ2) is 11.3. The van der Waals surface area contributed by atoms with E-state index < -0.39 is 0 Å². The maximum absolute atomic E-state index is 12.1. The lowest BCUT2D eigenvalue weighted by Gasteiger charge is -2.12. The fourth-order valence-electron chi connectivity index (χ4n) is 2.68. The van der Waals surface area contributed by atoms with Gasteiger partial charge in [0.2, 0.25) is 0 Å². The molecule has 3 aromatic rings. The van der Waals surface area contributed by atoms with Crippen molar-refractivity contribution in [2.24, 2.45) is 5.10 Å². The highest BCUT2D eigenvalue weighted by atomic mass is 16.5. The summed E-state index contributed by atoms with van der Waals surface area (Å²) in [4.78, 5) is 12.1. The van der Waals surface area contributed by atoms with Gasteiger partial charge >= 0.3 is 0 Å². The lowest BCUT2D eigenvalue weighted by atomic mass is 10.2. The minimum Gasteiger partial charge on any atom is -0.490 e. The number of anilines is 1. The largest absolute Gasteiger partial charge is 0.490 e. The van der Waals surface area contributed by atoms with Crippen molar-refractivity contribution in [1.29, 1.82) is 0 Å². The van der Waals surface area contributed by atoms with Gasteiger partial charge in [-0.05, 0) is 48.4 Å². The third-order valence-electron chi connectivity index (χ3n) is 4.14. The summed E-state index contributed by atoms with van der Waals surface area (Å²) in [6, 6.07) is 24.9. The quantitative estimate of drug-likeness (QED) is 0.393. The molecule has 0 saturated heterocycles. The van der Waals surface area contributed by atoms with Crippen LogP contribution in [0.1, 0.15) is 18.1 Å². The van der Waals surface area contributed by atoms with E-state index in [2.05, 4.69) is 15.8 Å². The van der Waals surface area contributed by atoms with Crippen LogP contribution in [0.5, 0.6) is 11.5 Å². The second-order valence-corrected chi connectivity index (χ2v) is 6.43. The van der Waals surface area contributed by atoms with Gasteiger partial charge in [-0.25, -0.2) is 0 Å². The van der Waals surface area contributed by atoms with Gasteiger partial charge in [0.1, 0.15) is 0 Å². The molecule has 0 unspecified atom stereocenters. The molecule has 3 aromatic carbocycles. The standard InChI is InChI=1S/C24H25N3O3/c1-2-29-23-15-20(17-26-27-21-11-7-4-8-12-21)13-14-22(23)30-18-24(28)25-16-19-9-5-3-6-10-19/h3-15,17,27H,2,16,18H2,1H3,(H,25,28). The summed E-state index contributed by atoms with van der Waals surface area (Å²) < 4.78 is 11.3. The van der Waals surface area contributed by atoms with Gasteiger partial charge in [-0.1, -0.05) is 48.5 Å².